The van der Waals surface area contributed by atoms with Crippen LogP contribution in [0.1, 0.15) is 25.8 Å². The lowest BCUT2D eigenvalue weighted by molar-refractivity contribution is -0.121. The van der Waals surface area contributed by atoms with E-state index in [0.29, 0.717) is 17.2 Å². The number of amides is 1. The first-order valence-corrected chi connectivity index (χ1v) is 13.4. The van der Waals surface area contributed by atoms with Gasteiger partial charge in [0, 0.05) is 0 Å². The highest BCUT2D eigenvalue weighted by molar-refractivity contribution is 7.92. The molecule has 3 aromatic rings. The van der Waals surface area contributed by atoms with E-state index in [1.54, 1.807) is 31.2 Å². The Hall–Kier alpha value is -3.52. The number of carbonyl (C=O) groups is 1. The van der Waals surface area contributed by atoms with Gasteiger partial charge >= 0.3 is 0 Å². The molecule has 0 bridgehead atoms. The standard InChI is InChI=1S/C27H32N2O5S/c1-4-8-22-11-15-24(16-12-22)33-20-19-28-27(30)21(2)29(35(3,31)32)23-13-17-26(18-14-23)34-25-9-6-5-7-10-25/h5-7,9-18,21H,4,8,19-20H2,1-3H3,(H,28,30). The van der Waals surface area contributed by atoms with Gasteiger partial charge in [-0.25, -0.2) is 8.42 Å². The summed E-state index contributed by atoms with van der Waals surface area (Å²) < 4.78 is 37.6. The molecule has 0 aliphatic carbocycles. The summed E-state index contributed by atoms with van der Waals surface area (Å²) in [6.45, 7) is 4.21. The number of sulfonamides is 1. The van der Waals surface area contributed by atoms with Crippen molar-refractivity contribution in [3.8, 4) is 17.2 Å². The second-order valence-corrected chi connectivity index (χ2v) is 10.0. The Labute approximate surface area is 207 Å². The Morgan fingerprint density at radius 2 is 1.51 bits per heavy atom. The maximum Gasteiger partial charge on any atom is 0.243 e. The van der Waals surface area contributed by atoms with Gasteiger partial charge in [0.05, 0.1) is 18.5 Å². The van der Waals surface area contributed by atoms with Gasteiger partial charge in [-0.05, 0) is 67.4 Å². The molecule has 3 rings (SSSR count). The van der Waals surface area contributed by atoms with Gasteiger partial charge in [0.25, 0.3) is 0 Å². The van der Waals surface area contributed by atoms with Gasteiger partial charge in [-0.3, -0.25) is 9.10 Å². The van der Waals surface area contributed by atoms with Crippen molar-refractivity contribution in [1.82, 2.24) is 5.32 Å². The van der Waals surface area contributed by atoms with Crippen LogP contribution in [0.3, 0.4) is 0 Å². The predicted octanol–water partition coefficient (Wildman–Crippen LogP) is 4.78. The second-order valence-electron chi connectivity index (χ2n) is 8.18. The normalized spacial score (nSPS) is 12.0. The lowest BCUT2D eigenvalue weighted by atomic mass is 10.1. The van der Waals surface area contributed by atoms with Crippen LogP contribution in [0.15, 0.2) is 78.9 Å². The lowest BCUT2D eigenvalue weighted by Gasteiger charge is -2.28. The molecule has 0 saturated heterocycles. The largest absolute Gasteiger partial charge is 0.492 e. The summed E-state index contributed by atoms with van der Waals surface area (Å²) >= 11 is 0. The van der Waals surface area contributed by atoms with Gasteiger partial charge in [0.15, 0.2) is 0 Å². The first-order valence-electron chi connectivity index (χ1n) is 11.6. The summed E-state index contributed by atoms with van der Waals surface area (Å²) in [6, 6.07) is 22.8. The smallest absolute Gasteiger partial charge is 0.243 e. The van der Waals surface area contributed by atoms with E-state index in [9.17, 15) is 13.2 Å². The molecule has 186 valence electrons. The number of para-hydroxylation sites is 1. The molecule has 0 aromatic heterocycles. The molecular weight excluding hydrogens is 464 g/mol. The maximum atomic E-state index is 12.7. The van der Waals surface area contributed by atoms with E-state index in [1.165, 1.54) is 5.56 Å². The van der Waals surface area contributed by atoms with Crippen LogP contribution in [-0.4, -0.2) is 39.8 Å². The Kier molecular flexibility index (Phi) is 9.14. The van der Waals surface area contributed by atoms with Gasteiger partial charge in [-0.2, -0.15) is 0 Å². The molecule has 0 aliphatic rings. The van der Waals surface area contributed by atoms with E-state index in [2.05, 4.69) is 12.2 Å². The van der Waals surface area contributed by atoms with Crippen LogP contribution < -0.4 is 19.1 Å². The molecule has 7 nitrogen and oxygen atoms in total. The first-order chi connectivity index (χ1) is 16.8. The van der Waals surface area contributed by atoms with Gasteiger partial charge in [-0.1, -0.05) is 43.7 Å². The Morgan fingerprint density at radius 1 is 0.914 bits per heavy atom. The maximum absolute atomic E-state index is 12.7. The number of nitrogens with zero attached hydrogens (tertiary/aromatic N) is 1. The SMILES string of the molecule is CCCc1ccc(OCCNC(=O)C(C)N(c2ccc(Oc3ccccc3)cc2)S(C)(=O)=O)cc1. The second kappa shape index (κ2) is 12.3. The van der Waals surface area contributed by atoms with E-state index < -0.39 is 22.0 Å². The topological polar surface area (TPSA) is 84.9 Å². The van der Waals surface area contributed by atoms with Crippen LogP contribution in [0, 0.1) is 0 Å². The highest BCUT2D eigenvalue weighted by Crippen LogP contribution is 2.27. The summed E-state index contributed by atoms with van der Waals surface area (Å²) in [5, 5.41) is 2.76. The van der Waals surface area contributed by atoms with Crippen LogP contribution in [0.25, 0.3) is 0 Å². The van der Waals surface area contributed by atoms with E-state index in [1.807, 2.05) is 54.6 Å². The highest BCUT2D eigenvalue weighted by Gasteiger charge is 2.29. The number of hydrogen-bond donors (Lipinski definition) is 1. The van der Waals surface area contributed by atoms with E-state index in [0.717, 1.165) is 29.2 Å². The zero-order valence-corrected chi connectivity index (χ0v) is 21.1. The fourth-order valence-electron chi connectivity index (χ4n) is 3.63. The third kappa shape index (κ3) is 7.75. The number of nitrogens with one attached hydrogen (secondary N) is 1. The first kappa shape index (κ1) is 26.1. The van der Waals surface area contributed by atoms with Crippen LogP contribution in [-0.2, 0) is 21.2 Å². The third-order valence-electron chi connectivity index (χ3n) is 5.29. The zero-order valence-electron chi connectivity index (χ0n) is 20.3. The number of hydrogen-bond acceptors (Lipinski definition) is 5. The molecule has 0 fully saturated rings. The summed E-state index contributed by atoms with van der Waals surface area (Å²) in [5.41, 5.74) is 1.63. The van der Waals surface area contributed by atoms with Crippen molar-refractivity contribution in [2.75, 3.05) is 23.7 Å². The van der Waals surface area contributed by atoms with Crippen LogP contribution in [0.4, 0.5) is 5.69 Å². The van der Waals surface area contributed by atoms with Crippen LogP contribution in [0.5, 0.6) is 17.2 Å². The summed E-state index contributed by atoms with van der Waals surface area (Å²) in [7, 11) is -3.72. The molecule has 0 spiro atoms. The van der Waals surface area contributed by atoms with Crippen molar-refractivity contribution in [3.05, 3.63) is 84.4 Å². The molecule has 1 atom stereocenters. The Balaban J connectivity index is 1.57. The molecule has 0 aliphatic heterocycles. The summed E-state index contributed by atoms with van der Waals surface area (Å²) in [5.74, 6) is 1.54. The molecule has 8 heteroatoms. The van der Waals surface area contributed by atoms with Crippen LogP contribution >= 0.6 is 0 Å². The number of anilines is 1. The summed E-state index contributed by atoms with van der Waals surface area (Å²) in [6.07, 6.45) is 3.19. The van der Waals surface area contributed by atoms with Crippen molar-refractivity contribution in [1.29, 1.82) is 0 Å². The minimum absolute atomic E-state index is 0.251. The molecular formula is C27H32N2O5S. The van der Waals surface area contributed by atoms with Crippen molar-refractivity contribution in [3.63, 3.8) is 0 Å². The molecule has 0 radical (unpaired) electrons. The zero-order chi connectivity index (χ0) is 25.3. The highest BCUT2D eigenvalue weighted by atomic mass is 32.2. The minimum Gasteiger partial charge on any atom is -0.492 e. The number of benzene rings is 3. The van der Waals surface area contributed by atoms with Crippen molar-refractivity contribution >= 4 is 21.6 Å². The van der Waals surface area contributed by atoms with Gasteiger partial charge in [0.1, 0.15) is 29.9 Å². The number of aryl methyl sites for hydroxylation is 1. The average molecular weight is 497 g/mol. The molecule has 1 unspecified atom stereocenters. The quantitative estimate of drug-likeness (QED) is 0.365. The number of ether oxygens (including phenoxy) is 2. The van der Waals surface area contributed by atoms with Crippen molar-refractivity contribution < 1.29 is 22.7 Å². The van der Waals surface area contributed by atoms with Gasteiger partial charge in [0.2, 0.25) is 15.9 Å². The van der Waals surface area contributed by atoms with Crippen LogP contribution in [0.2, 0.25) is 0 Å². The Bertz CT molecular complexity index is 1180. The lowest BCUT2D eigenvalue weighted by Crippen LogP contribution is -2.48. The molecule has 0 saturated carbocycles. The number of rotatable bonds is 12. The molecule has 3 aromatic carbocycles. The minimum atomic E-state index is -3.72. The fraction of sp³-hybridized carbons (Fsp3) is 0.296. The Morgan fingerprint density at radius 3 is 2.11 bits per heavy atom. The van der Waals surface area contributed by atoms with Gasteiger partial charge < -0.3 is 14.8 Å². The summed E-state index contributed by atoms with van der Waals surface area (Å²) in [4.78, 5) is 12.7. The molecule has 35 heavy (non-hydrogen) atoms. The monoisotopic (exact) mass is 496 g/mol. The number of carbonyl (C=O) groups excluding carboxylic acids is 1. The van der Waals surface area contributed by atoms with Gasteiger partial charge in [-0.15, -0.1) is 0 Å². The molecule has 0 heterocycles. The van der Waals surface area contributed by atoms with E-state index in [4.69, 9.17) is 9.47 Å². The average Bonchev–Trinajstić information content (AvgIpc) is 2.84. The molecule has 1 N–H and O–H groups in total. The fourth-order valence-corrected chi connectivity index (χ4v) is 4.80. The van der Waals surface area contributed by atoms with Crippen molar-refractivity contribution in [2.24, 2.45) is 0 Å². The predicted molar refractivity (Wildman–Crippen MR) is 139 cm³/mol. The van der Waals surface area contributed by atoms with E-state index >= 15 is 0 Å². The van der Waals surface area contributed by atoms with Crippen molar-refractivity contribution in [2.45, 2.75) is 32.7 Å². The third-order valence-corrected chi connectivity index (χ3v) is 6.53. The molecule has 1 amide bonds. The van der Waals surface area contributed by atoms with E-state index in [-0.39, 0.29) is 13.2 Å².